The van der Waals surface area contributed by atoms with Gasteiger partial charge in [-0.25, -0.2) is 0 Å². The van der Waals surface area contributed by atoms with E-state index in [4.69, 9.17) is 4.74 Å². The lowest BCUT2D eigenvalue weighted by molar-refractivity contribution is 0.0730. The molecule has 2 aromatic rings. The first-order valence-electron chi connectivity index (χ1n) is 7.61. The number of fused-ring (bicyclic) bond motifs is 1. The molecule has 0 aromatic heterocycles. The Bertz CT molecular complexity index is 708. The molecule has 22 heavy (non-hydrogen) atoms. The van der Waals surface area contributed by atoms with E-state index < -0.39 is 0 Å². The average Bonchev–Trinajstić information content (AvgIpc) is 2.98. The van der Waals surface area contributed by atoms with Crippen molar-refractivity contribution in [1.29, 1.82) is 0 Å². The Labute approximate surface area is 131 Å². The van der Waals surface area contributed by atoms with Gasteiger partial charge in [-0.1, -0.05) is 30.3 Å². The highest BCUT2D eigenvalue weighted by Crippen LogP contribution is 2.35. The lowest BCUT2D eigenvalue weighted by Gasteiger charge is -2.26. The molecule has 1 amide bonds. The van der Waals surface area contributed by atoms with Crippen molar-refractivity contribution in [3.8, 4) is 5.75 Å². The third kappa shape index (κ3) is 2.47. The van der Waals surface area contributed by atoms with E-state index in [0.29, 0.717) is 5.56 Å². The van der Waals surface area contributed by atoms with Crippen molar-refractivity contribution in [2.45, 2.75) is 25.8 Å². The summed E-state index contributed by atoms with van der Waals surface area (Å²) in [6.07, 6.45) is 2.03. The van der Waals surface area contributed by atoms with Gasteiger partial charge in [0.15, 0.2) is 0 Å². The van der Waals surface area contributed by atoms with Gasteiger partial charge in [-0.2, -0.15) is 0 Å². The number of aryl methyl sites for hydroxylation is 2. The minimum atomic E-state index is 0.0417. The zero-order chi connectivity index (χ0) is 15.7. The summed E-state index contributed by atoms with van der Waals surface area (Å²) < 4.78 is 5.33. The summed E-state index contributed by atoms with van der Waals surface area (Å²) >= 11 is 0. The Hall–Kier alpha value is -2.29. The number of nitrogens with zero attached hydrogens (tertiary/aromatic N) is 1. The van der Waals surface area contributed by atoms with Gasteiger partial charge in [-0.15, -0.1) is 0 Å². The molecule has 0 aliphatic heterocycles. The van der Waals surface area contributed by atoms with Crippen LogP contribution in [-0.2, 0) is 6.42 Å². The molecule has 1 aliphatic rings. The Kier molecular flexibility index (Phi) is 3.88. The predicted octanol–water partition coefficient (Wildman–Crippen LogP) is 3.76. The van der Waals surface area contributed by atoms with E-state index in [0.717, 1.165) is 24.2 Å². The third-order valence-electron chi connectivity index (χ3n) is 4.54. The van der Waals surface area contributed by atoms with Gasteiger partial charge in [0.05, 0.1) is 13.2 Å². The number of ether oxygens (including phenoxy) is 1. The van der Waals surface area contributed by atoms with Crippen molar-refractivity contribution in [2.75, 3.05) is 14.2 Å². The van der Waals surface area contributed by atoms with E-state index in [-0.39, 0.29) is 11.9 Å². The maximum atomic E-state index is 12.8. The molecule has 3 nitrogen and oxygen atoms in total. The molecule has 0 fully saturated rings. The number of carbonyl (C=O) groups is 1. The molecular formula is C19H21NO2. The smallest absolute Gasteiger partial charge is 0.254 e. The van der Waals surface area contributed by atoms with Gasteiger partial charge >= 0.3 is 0 Å². The third-order valence-corrected chi connectivity index (χ3v) is 4.54. The Balaban J connectivity index is 1.87. The molecule has 2 aromatic carbocycles. The van der Waals surface area contributed by atoms with Crippen LogP contribution >= 0.6 is 0 Å². The second-order valence-electron chi connectivity index (χ2n) is 5.85. The Morgan fingerprint density at radius 3 is 2.77 bits per heavy atom. The largest absolute Gasteiger partial charge is 0.496 e. The van der Waals surface area contributed by atoms with Crippen molar-refractivity contribution in [3.05, 3.63) is 64.7 Å². The minimum Gasteiger partial charge on any atom is -0.496 e. The first-order valence-corrected chi connectivity index (χ1v) is 7.61. The first kappa shape index (κ1) is 14.6. The SMILES string of the molecule is COc1cc(C(=O)N(C)C2CCc3ccccc32)ccc1C. The molecule has 0 radical (unpaired) electrons. The van der Waals surface area contributed by atoms with E-state index in [1.54, 1.807) is 7.11 Å². The van der Waals surface area contributed by atoms with Crippen LogP contribution in [0.3, 0.4) is 0 Å². The van der Waals surface area contributed by atoms with Crippen LogP contribution in [0.25, 0.3) is 0 Å². The van der Waals surface area contributed by atoms with E-state index >= 15 is 0 Å². The van der Waals surface area contributed by atoms with E-state index in [1.807, 2.05) is 43.1 Å². The predicted molar refractivity (Wildman–Crippen MR) is 87.3 cm³/mol. The maximum absolute atomic E-state index is 12.8. The van der Waals surface area contributed by atoms with Gasteiger partial charge in [-0.3, -0.25) is 4.79 Å². The van der Waals surface area contributed by atoms with Gasteiger partial charge in [0.2, 0.25) is 0 Å². The van der Waals surface area contributed by atoms with E-state index in [2.05, 4.69) is 18.2 Å². The van der Waals surface area contributed by atoms with Gasteiger partial charge < -0.3 is 9.64 Å². The second-order valence-corrected chi connectivity index (χ2v) is 5.85. The van der Waals surface area contributed by atoms with Crippen molar-refractivity contribution in [1.82, 2.24) is 4.90 Å². The van der Waals surface area contributed by atoms with Crippen molar-refractivity contribution in [2.24, 2.45) is 0 Å². The van der Waals surface area contributed by atoms with Crippen LogP contribution in [0.5, 0.6) is 5.75 Å². The lowest BCUT2D eigenvalue weighted by Crippen LogP contribution is -2.30. The number of benzene rings is 2. The molecule has 0 bridgehead atoms. The number of amides is 1. The summed E-state index contributed by atoms with van der Waals surface area (Å²) in [6.45, 7) is 1.98. The van der Waals surface area contributed by atoms with Crippen molar-refractivity contribution >= 4 is 5.91 Å². The van der Waals surface area contributed by atoms with E-state index in [1.165, 1.54) is 11.1 Å². The quantitative estimate of drug-likeness (QED) is 0.863. The molecule has 0 heterocycles. The van der Waals surface area contributed by atoms with Gasteiger partial charge in [-0.05, 0) is 48.6 Å². The molecule has 0 saturated heterocycles. The summed E-state index contributed by atoms with van der Waals surface area (Å²) in [4.78, 5) is 14.6. The second kappa shape index (κ2) is 5.84. The summed E-state index contributed by atoms with van der Waals surface area (Å²) in [5.41, 5.74) is 4.34. The summed E-state index contributed by atoms with van der Waals surface area (Å²) in [6, 6.07) is 14.2. The first-order chi connectivity index (χ1) is 10.6. The Morgan fingerprint density at radius 1 is 1.23 bits per heavy atom. The fourth-order valence-electron chi connectivity index (χ4n) is 3.24. The van der Waals surface area contributed by atoms with E-state index in [9.17, 15) is 4.79 Å². The summed E-state index contributed by atoms with van der Waals surface area (Å²) in [7, 11) is 3.52. The molecular weight excluding hydrogens is 274 g/mol. The maximum Gasteiger partial charge on any atom is 0.254 e. The molecule has 114 valence electrons. The molecule has 0 N–H and O–H groups in total. The van der Waals surface area contributed by atoms with Crippen LogP contribution in [0.15, 0.2) is 42.5 Å². The summed E-state index contributed by atoms with van der Waals surface area (Å²) in [5, 5.41) is 0. The highest BCUT2D eigenvalue weighted by atomic mass is 16.5. The molecule has 1 atom stereocenters. The highest BCUT2D eigenvalue weighted by Gasteiger charge is 2.28. The van der Waals surface area contributed by atoms with Crippen LogP contribution in [0.2, 0.25) is 0 Å². The van der Waals surface area contributed by atoms with Gasteiger partial charge in [0, 0.05) is 12.6 Å². The van der Waals surface area contributed by atoms with Crippen molar-refractivity contribution < 1.29 is 9.53 Å². The number of rotatable bonds is 3. The molecule has 1 unspecified atom stereocenters. The zero-order valence-corrected chi connectivity index (χ0v) is 13.3. The molecule has 0 spiro atoms. The minimum absolute atomic E-state index is 0.0417. The van der Waals surface area contributed by atoms with Crippen LogP contribution in [-0.4, -0.2) is 25.0 Å². The fraction of sp³-hybridized carbons (Fsp3) is 0.316. The number of carbonyl (C=O) groups excluding carboxylic acids is 1. The monoisotopic (exact) mass is 295 g/mol. The number of hydrogen-bond acceptors (Lipinski definition) is 2. The van der Waals surface area contributed by atoms with Crippen LogP contribution in [0.4, 0.5) is 0 Å². The molecule has 3 heteroatoms. The number of methoxy groups -OCH3 is 1. The normalized spacial score (nSPS) is 16.2. The average molecular weight is 295 g/mol. The van der Waals surface area contributed by atoms with Crippen molar-refractivity contribution in [3.63, 3.8) is 0 Å². The molecule has 1 aliphatic carbocycles. The highest BCUT2D eigenvalue weighted by molar-refractivity contribution is 5.95. The van der Waals surface area contributed by atoms with Crippen LogP contribution in [0.1, 0.15) is 39.5 Å². The van der Waals surface area contributed by atoms with Gasteiger partial charge in [0.25, 0.3) is 5.91 Å². The topological polar surface area (TPSA) is 29.5 Å². The molecule has 3 rings (SSSR count). The molecule has 0 saturated carbocycles. The lowest BCUT2D eigenvalue weighted by atomic mass is 10.1. The number of hydrogen-bond donors (Lipinski definition) is 0. The van der Waals surface area contributed by atoms with Crippen LogP contribution in [0, 0.1) is 6.92 Å². The standard InChI is InChI=1S/C19H21NO2/c1-13-8-9-15(12-18(13)22-3)19(21)20(2)17-11-10-14-6-4-5-7-16(14)17/h4-9,12,17H,10-11H2,1-3H3. The fourth-order valence-corrected chi connectivity index (χ4v) is 3.24. The van der Waals surface area contributed by atoms with Gasteiger partial charge in [0.1, 0.15) is 5.75 Å². The zero-order valence-electron chi connectivity index (χ0n) is 13.3. The Morgan fingerprint density at radius 2 is 2.00 bits per heavy atom. The summed E-state index contributed by atoms with van der Waals surface area (Å²) in [5.74, 6) is 0.797. The van der Waals surface area contributed by atoms with Crippen LogP contribution < -0.4 is 4.74 Å².